The van der Waals surface area contributed by atoms with Gasteiger partial charge in [0.05, 0.1) is 11.7 Å². The summed E-state index contributed by atoms with van der Waals surface area (Å²) < 4.78 is 10.8. The molecular weight excluding hydrogens is 244 g/mol. The zero-order valence-corrected chi connectivity index (χ0v) is 12.1. The largest absolute Gasteiger partial charge is 0.444 e. The predicted octanol–water partition coefficient (Wildman–Crippen LogP) is 3.45. The molecule has 5 heteroatoms. The van der Waals surface area contributed by atoms with E-state index >= 15 is 0 Å². The SMILES string of the molecule is Cc1cc([C@H]2CCCCN2C(=O)OC(C)(C)C)on1. The highest BCUT2D eigenvalue weighted by molar-refractivity contribution is 5.68. The number of aryl methyl sites for hydroxylation is 1. The number of rotatable bonds is 1. The molecule has 2 heterocycles. The second kappa shape index (κ2) is 5.23. The van der Waals surface area contributed by atoms with Crippen molar-refractivity contribution in [2.75, 3.05) is 6.54 Å². The van der Waals surface area contributed by atoms with Crippen LogP contribution in [-0.2, 0) is 4.74 Å². The van der Waals surface area contributed by atoms with Crippen LogP contribution in [0.3, 0.4) is 0 Å². The third kappa shape index (κ3) is 3.49. The van der Waals surface area contributed by atoms with Crippen molar-refractivity contribution in [3.8, 4) is 0 Å². The Hall–Kier alpha value is -1.52. The summed E-state index contributed by atoms with van der Waals surface area (Å²) in [5.41, 5.74) is 0.362. The minimum absolute atomic E-state index is 0.0511. The highest BCUT2D eigenvalue weighted by Crippen LogP contribution is 2.32. The molecule has 0 saturated carbocycles. The highest BCUT2D eigenvalue weighted by atomic mass is 16.6. The van der Waals surface area contributed by atoms with Crippen molar-refractivity contribution in [2.24, 2.45) is 0 Å². The van der Waals surface area contributed by atoms with Gasteiger partial charge in [0.15, 0.2) is 5.76 Å². The molecule has 0 aliphatic carbocycles. The van der Waals surface area contributed by atoms with Crippen molar-refractivity contribution in [3.05, 3.63) is 17.5 Å². The van der Waals surface area contributed by atoms with Gasteiger partial charge in [-0.15, -0.1) is 0 Å². The van der Waals surface area contributed by atoms with E-state index < -0.39 is 5.60 Å². The van der Waals surface area contributed by atoms with E-state index in [1.165, 1.54) is 0 Å². The molecule has 0 aromatic carbocycles. The lowest BCUT2D eigenvalue weighted by Gasteiger charge is -2.35. The minimum atomic E-state index is -0.476. The normalized spacial score (nSPS) is 20.4. The van der Waals surface area contributed by atoms with Crippen LogP contribution in [0.15, 0.2) is 10.6 Å². The van der Waals surface area contributed by atoms with Crippen LogP contribution >= 0.6 is 0 Å². The molecule has 1 fully saturated rings. The first-order chi connectivity index (χ1) is 8.87. The van der Waals surface area contributed by atoms with Gasteiger partial charge in [0.25, 0.3) is 0 Å². The first-order valence-electron chi connectivity index (χ1n) is 6.79. The van der Waals surface area contributed by atoms with Gasteiger partial charge in [-0.1, -0.05) is 5.16 Å². The van der Waals surface area contributed by atoms with Crippen LogP contribution in [0.5, 0.6) is 0 Å². The summed E-state index contributed by atoms with van der Waals surface area (Å²) in [5.74, 6) is 0.753. The Balaban J connectivity index is 2.14. The molecule has 1 aliphatic rings. The summed E-state index contributed by atoms with van der Waals surface area (Å²) in [5, 5.41) is 3.91. The van der Waals surface area contributed by atoms with Crippen LogP contribution in [-0.4, -0.2) is 28.3 Å². The second-order valence-corrected chi connectivity index (χ2v) is 6.06. The third-order valence-corrected chi connectivity index (χ3v) is 3.11. The summed E-state index contributed by atoms with van der Waals surface area (Å²) in [4.78, 5) is 14.0. The number of nitrogens with zero attached hydrogens (tertiary/aromatic N) is 2. The van der Waals surface area contributed by atoms with Crippen LogP contribution in [0.1, 0.15) is 57.5 Å². The molecule has 1 aromatic heterocycles. The Kier molecular flexibility index (Phi) is 3.83. The Labute approximate surface area is 113 Å². The molecule has 19 heavy (non-hydrogen) atoms. The molecule has 106 valence electrons. The number of hydrogen-bond acceptors (Lipinski definition) is 4. The maximum Gasteiger partial charge on any atom is 0.410 e. The zero-order valence-electron chi connectivity index (χ0n) is 12.1. The molecule has 0 bridgehead atoms. The lowest BCUT2D eigenvalue weighted by Crippen LogP contribution is -2.41. The first kappa shape index (κ1) is 13.9. The smallest absolute Gasteiger partial charge is 0.410 e. The lowest BCUT2D eigenvalue weighted by molar-refractivity contribution is 0.00613. The minimum Gasteiger partial charge on any atom is -0.444 e. The van der Waals surface area contributed by atoms with E-state index in [0.29, 0.717) is 6.54 Å². The van der Waals surface area contributed by atoms with Crippen molar-refractivity contribution < 1.29 is 14.1 Å². The quantitative estimate of drug-likeness (QED) is 0.781. The van der Waals surface area contributed by atoms with Crippen LogP contribution in [0, 0.1) is 6.92 Å². The van der Waals surface area contributed by atoms with Crippen molar-refractivity contribution in [1.82, 2.24) is 10.1 Å². The van der Waals surface area contributed by atoms with Crippen molar-refractivity contribution in [2.45, 2.75) is 58.6 Å². The Morgan fingerprint density at radius 2 is 2.21 bits per heavy atom. The maximum absolute atomic E-state index is 12.2. The first-order valence-corrected chi connectivity index (χ1v) is 6.79. The second-order valence-electron chi connectivity index (χ2n) is 6.06. The van der Waals surface area contributed by atoms with Crippen molar-refractivity contribution in [1.29, 1.82) is 0 Å². The number of amides is 1. The van der Waals surface area contributed by atoms with Gasteiger partial charge < -0.3 is 9.26 Å². The Morgan fingerprint density at radius 3 is 2.79 bits per heavy atom. The van der Waals surface area contributed by atoms with E-state index in [-0.39, 0.29) is 12.1 Å². The van der Waals surface area contributed by atoms with Gasteiger partial charge in [0.1, 0.15) is 5.60 Å². The lowest BCUT2D eigenvalue weighted by atomic mass is 10.0. The van der Waals surface area contributed by atoms with E-state index in [0.717, 1.165) is 30.7 Å². The number of carbonyl (C=O) groups is 1. The van der Waals surface area contributed by atoms with E-state index in [1.54, 1.807) is 4.90 Å². The molecule has 1 saturated heterocycles. The van der Waals surface area contributed by atoms with E-state index in [9.17, 15) is 4.79 Å². The fourth-order valence-corrected chi connectivity index (χ4v) is 2.31. The summed E-state index contributed by atoms with van der Waals surface area (Å²) in [6, 6.07) is 1.85. The predicted molar refractivity (Wildman–Crippen MR) is 70.8 cm³/mol. The van der Waals surface area contributed by atoms with Crippen LogP contribution < -0.4 is 0 Å². The van der Waals surface area contributed by atoms with Gasteiger partial charge in [-0.25, -0.2) is 4.79 Å². The fraction of sp³-hybridized carbons (Fsp3) is 0.714. The van der Waals surface area contributed by atoms with Gasteiger partial charge >= 0.3 is 6.09 Å². The average Bonchev–Trinajstić information content (AvgIpc) is 2.73. The van der Waals surface area contributed by atoms with Gasteiger partial charge in [-0.3, -0.25) is 4.90 Å². The summed E-state index contributed by atoms with van der Waals surface area (Å²) in [6.07, 6.45) is 2.71. The monoisotopic (exact) mass is 266 g/mol. The molecule has 1 aliphatic heterocycles. The topological polar surface area (TPSA) is 55.6 Å². The van der Waals surface area contributed by atoms with E-state index in [1.807, 2.05) is 33.8 Å². The number of piperidine rings is 1. The number of ether oxygens (including phenoxy) is 1. The molecule has 0 N–H and O–H groups in total. The van der Waals surface area contributed by atoms with E-state index in [2.05, 4.69) is 5.16 Å². The Morgan fingerprint density at radius 1 is 1.47 bits per heavy atom. The standard InChI is InChI=1S/C14H22N2O3/c1-10-9-12(19-15-10)11-7-5-6-8-16(11)13(17)18-14(2,3)4/h9,11H,5-8H2,1-4H3/t11-/m1/s1. The fourth-order valence-electron chi connectivity index (χ4n) is 2.31. The molecule has 5 nitrogen and oxygen atoms in total. The number of carbonyl (C=O) groups excluding carboxylic acids is 1. The van der Waals surface area contributed by atoms with Gasteiger partial charge in [0.2, 0.25) is 0 Å². The van der Waals surface area contributed by atoms with Crippen LogP contribution in [0.4, 0.5) is 4.79 Å². The summed E-state index contributed by atoms with van der Waals surface area (Å²) in [6.45, 7) is 8.22. The van der Waals surface area contributed by atoms with E-state index in [4.69, 9.17) is 9.26 Å². The molecule has 0 radical (unpaired) electrons. The van der Waals surface area contributed by atoms with Gasteiger partial charge in [0, 0.05) is 12.6 Å². The molecule has 0 spiro atoms. The maximum atomic E-state index is 12.2. The summed E-state index contributed by atoms with van der Waals surface area (Å²) >= 11 is 0. The van der Waals surface area contributed by atoms with Crippen molar-refractivity contribution >= 4 is 6.09 Å². The average molecular weight is 266 g/mol. The zero-order chi connectivity index (χ0) is 14.0. The number of likely N-dealkylation sites (tertiary alicyclic amines) is 1. The van der Waals surface area contributed by atoms with Crippen molar-refractivity contribution in [3.63, 3.8) is 0 Å². The Bertz CT molecular complexity index is 448. The number of aromatic nitrogens is 1. The molecule has 1 atom stereocenters. The third-order valence-electron chi connectivity index (χ3n) is 3.11. The molecule has 2 rings (SSSR count). The number of hydrogen-bond donors (Lipinski definition) is 0. The molecule has 0 unspecified atom stereocenters. The van der Waals surface area contributed by atoms with Gasteiger partial charge in [-0.2, -0.15) is 0 Å². The van der Waals surface area contributed by atoms with Gasteiger partial charge in [-0.05, 0) is 47.0 Å². The molecule has 1 amide bonds. The highest BCUT2D eigenvalue weighted by Gasteiger charge is 2.33. The van der Waals surface area contributed by atoms with Crippen LogP contribution in [0.25, 0.3) is 0 Å². The molecular formula is C14H22N2O3. The molecule has 1 aromatic rings. The van der Waals surface area contributed by atoms with Crippen LogP contribution in [0.2, 0.25) is 0 Å². The summed E-state index contributed by atoms with van der Waals surface area (Å²) in [7, 11) is 0.